The fourth-order valence-electron chi connectivity index (χ4n) is 4.24. The summed E-state index contributed by atoms with van der Waals surface area (Å²) >= 11 is 6.56. The molecule has 0 bridgehead atoms. The molecule has 9 nitrogen and oxygen atoms in total. The summed E-state index contributed by atoms with van der Waals surface area (Å²) in [6.07, 6.45) is 1.32. The number of hydrogen-bond acceptors (Lipinski definition) is 8. The van der Waals surface area contributed by atoms with Gasteiger partial charge in [0.1, 0.15) is 20.2 Å². The number of esters is 1. The van der Waals surface area contributed by atoms with Gasteiger partial charge in [-0.25, -0.2) is 13.2 Å². The van der Waals surface area contributed by atoms with Crippen molar-refractivity contribution in [3.63, 3.8) is 0 Å². The lowest BCUT2D eigenvalue weighted by molar-refractivity contribution is -0.383. The van der Waals surface area contributed by atoms with Crippen LogP contribution in [-0.4, -0.2) is 35.4 Å². The van der Waals surface area contributed by atoms with Gasteiger partial charge in [-0.1, -0.05) is 48.9 Å². The predicted molar refractivity (Wildman–Crippen MR) is 136 cm³/mol. The summed E-state index contributed by atoms with van der Waals surface area (Å²) in [5.41, 5.74) is -1.84. The number of aromatic nitrogens is 1. The largest absolute Gasteiger partial charge is 0.459 e. The van der Waals surface area contributed by atoms with Gasteiger partial charge in [0.05, 0.1) is 15.6 Å². The smallest absolute Gasteiger partial charge is 0.328 e. The van der Waals surface area contributed by atoms with E-state index in [4.69, 9.17) is 16.3 Å². The number of pyridine rings is 1. The van der Waals surface area contributed by atoms with Crippen molar-refractivity contribution in [3.8, 4) is 10.6 Å². The van der Waals surface area contributed by atoms with Crippen LogP contribution < -0.4 is 4.72 Å². The third-order valence-corrected chi connectivity index (χ3v) is 9.24. The van der Waals surface area contributed by atoms with Crippen LogP contribution in [0.4, 0.5) is 5.69 Å². The number of hydrogen-bond donors (Lipinski definition) is 1. The van der Waals surface area contributed by atoms with Crippen LogP contribution >= 0.6 is 22.9 Å². The van der Waals surface area contributed by atoms with Crippen LogP contribution in [0.2, 0.25) is 5.02 Å². The molecule has 12 heteroatoms. The maximum atomic E-state index is 13.6. The molecule has 0 spiro atoms. The van der Waals surface area contributed by atoms with Crippen molar-refractivity contribution in [2.45, 2.75) is 49.0 Å². The number of benzene rings is 1. The zero-order chi connectivity index (χ0) is 26.5. The Bertz CT molecular complexity index is 1420. The highest BCUT2D eigenvalue weighted by Crippen LogP contribution is 2.59. The van der Waals surface area contributed by atoms with Crippen LogP contribution in [0.15, 0.2) is 58.9 Å². The molecule has 190 valence electrons. The van der Waals surface area contributed by atoms with Crippen molar-refractivity contribution < 1.29 is 22.9 Å². The normalized spacial score (nSPS) is 21.7. The van der Waals surface area contributed by atoms with Gasteiger partial charge in [-0.2, -0.15) is 4.72 Å². The first kappa shape index (κ1) is 26.2. The second-order valence-electron chi connectivity index (χ2n) is 9.55. The van der Waals surface area contributed by atoms with E-state index in [1.165, 1.54) is 18.3 Å². The maximum absolute atomic E-state index is 13.6. The lowest BCUT2D eigenvalue weighted by atomic mass is 10.1. The van der Waals surface area contributed by atoms with Crippen LogP contribution in [0.25, 0.3) is 10.6 Å². The number of nitrogens with one attached hydrogen (secondary N) is 1. The second-order valence-corrected chi connectivity index (χ2v) is 12.9. The lowest BCUT2D eigenvalue weighted by Crippen LogP contribution is -2.48. The number of sulfonamides is 1. The van der Waals surface area contributed by atoms with Crippen molar-refractivity contribution in [3.05, 3.63) is 75.4 Å². The van der Waals surface area contributed by atoms with Gasteiger partial charge in [0.15, 0.2) is 0 Å². The van der Waals surface area contributed by atoms with E-state index in [2.05, 4.69) is 9.71 Å². The fraction of sp³-hybridized carbons (Fsp3) is 0.333. The number of thiophene rings is 1. The number of carbonyl (C=O) groups excluding carboxylic acids is 1. The Balaban J connectivity index is 1.76. The van der Waals surface area contributed by atoms with E-state index in [1.807, 2.05) is 30.3 Å². The first-order valence-corrected chi connectivity index (χ1v) is 13.7. The van der Waals surface area contributed by atoms with Crippen LogP contribution in [0, 0.1) is 16.0 Å². The molecule has 0 amide bonds. The van der Waals surface area contributed by atoms with E-state index in [1.54, 1.807) is 27.7 Å². The number of nitrogens with zero attached hydrogens (tertiary/aromatic N) is 2. The van der Waals surface area contributed by atoms with Crippen molar-refractivity contribution >= 4 is 44.6 Å². The molecule has 1 aliphatic carbocycles. The van der Waals surface area contributed by atoms with Gasteiger partial charge < -0.3 is 4.74 Å². The first-order chi connectivity index (χ1) is 16.8. The molecule has 2 aromatic heterocycles. The molecule has 36 heavy (non-hydrogen) atoms. The average molecular weight is 550 g/mol. The monoisotopic (exact) mass is 549 g/mol. The van der Waals surface area contributed by atoms with Crippen molar-refractivity contribution in [1.82, 2.24) is 9.71 Å². The second kappa shape index (κ2) is 9.22. The highest BCUT2D eigenvalue weighted by atomic mass is 35.5. The maximum Gasteiger partial charge on any atom is 0.328 e. The quantitative estimate of drug-likeness (QED) is 0.245. The van der Waals surface area contributed by atoms with Gasteiger partial charge in [0.2, 0.25) is 0 Å². The third kappa shape index (κ3) is 4.88. The van der Waals surface area contributed by atoms with Gasteiger partial charge in [0.25, 0.3) is 15.7 Å². The summed E-state index contributed by atoms with van der Waals surface area (Å²) in [7, 11) is -4.37. The van der Waals surface area contributed by atoms with Crippen LogP contribution in [0.3, 0.4) is 0 Å². The molecule has 0 radical (unpaired) electrons. The topological polar surface area (TPSA) is 128 Å². The number of halogens is 1. The Morgan fingerprint density at radius 1 is 1.22 bits per heavy atom. The molecule has 1 aliphatic rings. The summed E-state index contributed by atoms with van der Waals surface area (Å²) in [5, 5.41) is 12.1. The number of carbonyl (C=O) groups is 1. The Labute approximate surface area is 217 Å². The molecule has 3 atom stereocenters. The molecular formula is C24H24ClN3O6S2. The summed E-state index contributed by atoms with van der Waals surface area (Å²) < 4.78 is 35.0. The minimum atomic E-state index is -4.37. The molecule has 1 saturated carbocycles. The summed E-state index contributed by atoms with van der Waals surface area (Å²) in [4.78, 5) is 28.6. The van der Waals surface area contributed by atoms with Crippen molar-refractivity contribution in [1.29, 1.82) is 0 Å². The SMILES string of the molecule is C[C@@H]1[C@H](c2ccccc2)[C@]1(NS(=O)(=O)c1cc([N+](=O)[O-])c(-c2ccc(Cl)cn2)s1)C(=O)OC(C)(C)C. The highest BCUT2D eigenvalue weighted by molar-refractivity contribution is 7.91. The highest BCUT2D eigenvalue weighted by Gasteiger charge is 2.71. The molecule has 1 aromatic carbocycles. The van der Waals surface area contributed by atoms with E-state index in [9.17, 15) is 23.3 Å². The van der Waals surface area contributed by atoms with Gasteiger partial charge in [-0.05, 0) is 44.4 Å². The number of ether oxygens (including phenoxy) is 1. The molecule has 1 N–H and O–H groups in total. The molecule has 0 saturated heterocycles. The zero-order valence-corrected chi connectivity index (χ0v) is 22.3. The van der Waals surface area contributed by atoms with E-state index in [0.717, 1.165) is 11.6 Å². The minimum absolute atomic E-state index is 0.0619. The Morgan fingerprint density at radius 3 is 2.44 bits per heavy atom. The van der Waals surface area contributed by atoms with Crippen molar-refractivity contribution in [2.75, 3.05) is 0 Å². The molecule has 0 unspecified atom stereocenters. The number of rotatable bonds is 7. The Hall–Kier alpha value is -2.86. The summed E-state index contributed by atoms with van der Waals surface area (Å²) in [6.45, 7) is 6.87. The van der Waals surface area contributed by atoms with Gasteiger partial charge in [-0.15, -0.1) is 11.3 Å². The number of nitro groups is 1. The lowest BCUT2D eigenvalue weighted by Gasteiger charge is -2.25. The zero-order valence-electron chi connectivity index (χ0n) is 19.9. The molecule has 2 heterocycles. The molecule has 0 aliphatic heterocycles. The van der Waals surface area contributed by atoms with E-state index >= 15 is 0 Å². The van der Waals surface area contributed by atoms with E-state index < -0.39 is 49.6 Å². The summed E-state index contributed by atoms with van der Waals surface area (Å²) in [6, 6.07) is 13.0. The molecule has 3 aromatic rings. The van der Waals surface area contributed by atoms with E-state index in [-0.39, 0.29) is 14.8 Å². The standard InChI is InChI=1S/C24H24ClN3O6S2/c1-14-20(15-8-6-5-7-9-15)24(14,22(29)34-23(2,3)4)27-36(32,33)19-12-18(28(30)31)21(35-19)17-11-10-16(25)13-26-17/h5-14,20,27H,1-4H3/t14-,20-,24+/m1/s1. The molecule has 1 fully saturated rings. The van der Waals surface area contributed by atoms with Crippen LogP contribution in [0.1, 0.15) is 39.2 Å². The van der Waals surface area contributed by atoms with Gasteiger partial charge in [0, 0.05) is 18.2 Å². The average Bonchev–Trinajstić information content (AvgIpc) is 3.15. The fourth-order valence-corrected chi connectivity index (χ4v) is 7.21. The molecule has 4 rings (SSSR count). The third-order valence-electron chi connectivity index (χ3n) is 5.91. The van der Waals surface area contributed by atoms with Gasteiger partial charge in [-0.3, -0.25) is 15.1 Å². The predicted octanol–water partition coefficient (Wildman–Crippen LogP) is 5.16. The Morgan fingerprint density at radius 2 is 1.89 bits per heavy atom. The van der Waals surface area contributed by atoms with Gasteiger partial charge >= 0.3 is 5.97 Å². The first-order valence-electron chi connectivity index (χ1n) is 11.0. The van der Waals surface area contributed by atoms with E-state index in [0.29, 0.717) is 16.4 Å². The van der Waals surface area contributed by atoms with Crippen LogP contribution in [-0.2, 0) is 19.6 Å². The molecular weight excluding hydrogens is 526 g/mol. The Kier molecular flexibility index (Phi) is 6.71. The summed E-state index contributed by atoms with van der Waals surface area (Å²) in [5.74, 6) is -1.60. The minimum Gasteiger partial charge on any atom is -0.459 e. The van der Waals surface area contributed by atoms with Crippen molar-refractivity contribution in [2.24, 2.45) is 5.92 Å². The van der Waals surface area contributed by atoms with Crippen LogP contribution in [0.5, 0.6) is 0 Å².